The molecule has 0 aliphatic heterocycles. The van der Waals surface area contributed by atoms with E-state index < -0.39 is 22.6 Å². The predicted octanol–water partition coefficient (Wildman–Crippen LogP) is -0.596. The number of likely N-dealkylation sites (N-methyl/N-ethyl adjacent to an activating group) is 1. The van der Waals surface area contributed by atoms with Crippen molar-refractivity contribution in [2.24, 2.45) is 13.0 Å². The lowest BCUT2D eigenvalue weighted by Crippen LogP contribution is -2.56. The number of aliphatic carboxylic acids is 1. The Morgan fingerprint density at radius 1 is 1.57 bits per heavy atom. The molecule has 1 aromatic rings. The van der Waals surface area contributed by atoms with Gasteiger partial charge in [-0.3, -0.25) is 24.2 Å². The maximum absolute atomic E-state index is 11.7. The highest BCUT2D eigenvalue weighted by Crippen LogP contribution is 2.42. The minimum atomic E-state index is -1.02. The lowest BCUT2D eigenvalue weighted by molar-refractivity contribution is -0.144. The molecule has 1 fully saturated rings. The Bertz CT molecular complexity index is 651. The number of thioether (sulfide) groups is 1. The van der Waals surface area contributed by atoms with Gasteiger partial charge in [-0.05, 0) is 25.3 Å². The van der Waals surface area contributed by atoms with Gasteiger partial charge in [0.1, 0.15) is 5.54 Å². The van der Waals surface area contributed by atoms with E-state index in [9.17, 15) is 19.5 Å². The maximum Gasteiger partial charge on any atom is 0.339 e. The fourth-order valence-electron chi connectivity index (χ4n) is 2.28. The molecule has 0 amide bonds. The second kappa shape index (κ2) is 6.02. The van der Waals surface area contributed by atoms with Gasteiger partial charge in [0.25, 0.3) is 0 Å². The number of rotatable bonds is 7. The predicted molar refractivity (Wildman–Crippen MR) is 77.6 cm³/mol. The van der Waals surface area contributed by atoms with Crippen LogP contribution in [-0.2, 0) is 11.8 Å². The highest BCUT2D eigenvalue weighted by molar-refractivity contribution is 7.99. The number of hydrogen-bond donors (Lipinski definition) is 3. The van der Waals surface area contributed by atoms with Crippen molar-refractivity contribution in [2.75, 3.05) is 12.3 Å². The molecule has 0 radical (unpaired) electrons. The molecule has 0 bridgehead atoms. The summed E-state index contributed by atoms with van der Waals surface area (Å²) in [6.07, 6.45) is 1.75. The monoisotopic (exact) mass is 314 g/mol. The van der Waals surface area contributed by atoms with Gasteiger partial charge >= 0.3 is 17.1 Å². The Labute approximate surface area is 124 Å². The molecular weight excluding hydrogens is 296 g/mol. The molecule has 1 heterocycles. The summed E-state index contributed by atoms with van der Waals surface area (Å²) in [4.78, 5) is 37.8. The van der Waals surface area contributed by atoms with E-state index in [-0.39, 0.29) is 11.7 Å². The highest BCUT2D eigenvalue weighted by Gasteiger charge is 2.50. The van der Waals surface area contributed by atoms with Gasteiger partial charge in [-0.15, -0.1) is 0 Å². The van der Waals surface area contributed by atoms with Crippen molar-refractivity contribution in [1.82, 2.24) is 20.1 Å². The minimum absolute atomic E-state index is 0.0854. The van der Waals surface area contributed by atoms with Gasteiger partial charge in [-0.25, -0.2) is 0 Å². The molecule has 1 aromatic heterocycles. The molecule has 1 unspecified atom stereocenters. The van der Waals surface area contributed by atoms with Crippen molar-refractivity contribution in [1.29, 1.82) is 0 Å². The fourth-order valence-corrected chi connectivity index (χ4v) is 3.49. The maximum atomic E-state index is 11.7. The van der Waals surface area contributed by atoms with Crippen molar-refractivity contribution in [2.45, 2.75) is 30.5 Å². The third-order valence-electron chi connectivity index (χ3n) is 3.52. The number of hydrogen-bond acceptors (Lipinski definition) is 6. The zero-order chi connectivity index (χ0) is 15.6. The summed E-state index contributed by atoms with van der Waals surface area (Å²) in [5.74, 6) is -0.566. The van der Waals surface area contributed by atoms with Crippen molar-refractivity contribution in [3.05, 3.63) is 20.7 Å². The lowest BCUT2D eigenvalue weighted by atomic mass is 9.96. The molecule has 2 rings (SSSR count). The minimum Gasteiger partial charge on any atom is -0.480 e. The van der Waals surface area contributed by atoms with E-state index in [1.165, 1.54) is 4.68 Å². The molecule has 0 aromatic carbocycles. The van der Waals surface area contributed by atoms with Gasteiger partial charge in [0.15, 0.2) is 5.16 Å². The average molecular weight is 314 g/mol. The summed E-state index contributed by atoms with van der Waals surface area (Å²) >= 11 is 1.15. The first kappa shape index (κ1) is 15.8. The van der Waals surface area contributed by atoms with E-state index >= 15 is 0 Å². The third-order valence-corrected chi connectivity index (χ3v) is 4.75. The zero-order valence-corrected chi connectivity index (χ0v) is 12.7. The molecule has 3 N–H and O–H groups in total. The first-order chi connectivity index (χ1) is 9.90. The largest absolute Gasteiger partial charge is 0.480 e. The van der Waals surface area contributed by atoms with E-state index in [2.05, 4.69) is 15.4 Å². The Balaban J connectivity index is 2.23. The van der Waals surface area contributed by atoms with Crippen LogP contribution in [0.5, 0.6) is 0 Å². The molecule has 1 aliphatic rings. The quantitative estimate of drug-likeness (QED) is 0.454. The zero-order valence-electron chi connectivity index (χ0n) is 11.9. The Kier molecular flexibility index (Phi) is 4.52. The molecule has 116 valence electrons. The average Bonchev–Trinajstić information content (AvgIpc) is 3.24. The van der Waals surface area contributed by atoms with Crippen LogP contribution >= 0.6 is 11.8 Å². The molecular formula is C12H18N4O4S. The summed E-state index contributed by atoms with van der Waals surface area (Å²) in [6, 6.07) is 0. The number of aromatic amines is 1. The smallest absolute Gasteiger partial charge is 0.339 e. The van der Waals surface area contributed by atoms with E-state index in [1.807, 2.05) is 6.92 Å². The van der Waals surface area contributed by atoms with Crippen LogP contribution in [0.1, 0.15) is 19.8 Å². The topological polar surface area (TPSA) is 117 Å². The summed E-state index contributed by atoms with van der Waals surface area (Å²) < 4.78 is 1.33. The van der Waals surface area contributed by atoms with Gasteiger partial charge < -0.3 is 10.4 Å². The third kappa shape index (κ3) is 3.18. The number of nitrogens with zero attached hydrogens (tertiary/aromatic N) is 2. The number of carboxylic acid groups (broad SMARTS) is 1. The summed E-state index contributed by atoms with van der Waals surface area (Å²) in [5, 5.41) is 15.3. The highest BCUT2D eigenvalue weighted by atomic mass is 32.2. The van der Waals surface area contributed by atoms with Crippen LogP contribution in [-0.4, -0.2) is 43.7 Å². The summed E-state index contributed by atoms with van der Waals surface area (Å²) in [7, 11) is 1.56. The standard InChI is InChI=1S/C12H18N4O4S/c1-3-13-12(10(19)20,7-4-5-7)6-21-11-14-8(17)9(18)15-16(11)2/h7,13H,3-6H2,1-2H3,(H,15,18)(H,19,20). The normalized spacial score (nSPS) is 17.4. The van der Waals surface area contributed by atoms with Crippen molar-refractivity contribution >= 4 is 17.7 Å². The number of carbonyl (C=O) groups is 1. The number of carboxylic acids is 1. The van der Waals surface area contributed by atoms with E-state index in [4.69, 9.17) is 0 Å². The fraction of sp³-hybridized carbons (Fsp3) is 0.667. The molecule has 21 heavy (non-hydrogen) atoms. The molecule has 0 spiro atoms. The SMILES string of the molecule is CCNC(CSc1nc(=O)c(=O)[nH]n1C)(C(=O)O)C1CC1. The molecule has 1 aliphatic carbocycles. The number of nitrogens with one attached hydrogen (secondary N) is 2. The van der Waals surface area contributed by atoms with Crippen LogP contribution in [0.25, 0.3) is 0 Å². The molecule has 9 heteroatoms. The lowest BCUT2D eigenvalue weighted by Gasteiger charge is -2.30. The van der Waals surface area contributed by atoms with Gasteiger partial charge in [-0.2, -0.15) is 4.98 Å². The van der Waals surface area contributed by atoms with Gasteiger partial charge in [0.2, 0.25) is 0 Å². The van der Waals surface area contributed by atoms with Crippen LogP contribution in [0.3, 0.4) is 0 Å². The van der Waals surface area contributed by atoms with Gasteiger partial charge in [0.05, 0.1) is 0 Å². The second-order valence-corrected chi connectivity index (χ2v) is 6.01. The van der Waals surface area contributed by atoms with Crippen molar-refractivity contribution in [3.63, 3.8) is 0 Å². The first-order valence-corrected chi connectivity index (χ1v) is 7.68. The van der Waals surface area contributed by atoms with E-state index in [0.29, 0.717) is 11.7 Å². The molecule has 1 atom stereocenters. The Morgan fingerprint density at radius 2 is 2.24 bits per heavy atom. The first-order valence-electron chi connectivity index (χ1n) is 6.69. The van der Waals surface area contributed by atoms with Crippen LogP contribution in [0.15, 0.2) is 14.7 Å². The summed E-state index contributed by atoms with van der Waals surface area (Å²) in [6.45, 7) is 2.40. The molecule has 1 saturated carbocycles. The summed E-state index contributed by atoms with van der Waals surface area (Å²) in [5.41, 5.74) is -2.68. The second-order valence-electron chi connectivity index (χ2n) is 5.07. The number of aromatic nitrogens is 3. The molecule has 8 nitrogen and oxygen atoms in total. The number of aryl methyl sites for hydroxylation is 1. The Hall–Kier alpha value is -1.61. The van der Waals surface area contributed by atoms with E-state index in [0.717, 1.165) is 24.6 Å². The van der Waals surface area contributed by atoms with Crippen molar-refractivity contribution in [3.8, 4) is 0 Å². The Morgan fingerprint density at radius 3 is 2.76 bits per heavy atom. The van der Waals surface area contributed by atoms with Crippen LogP contribution in [0.4, 0.5) is 0 Å². The van der Waals surface area contributed by atoms with Gasteiger partial charge in [-0.1, -0.05) is 18.7 Å². The van der Waals surface area contributed by atoms with Crippen LogP contribution in [0.2, 0.25) is 0 Å². The van der Waals surface area contributed by atoms with Gasteiger partial charge in [0, 0.05) is 12.8 Å². The molecule has 0 saturated heterocycles. The van der Waals surface area contributed by atoms with E-state index in [1.54, 1.807) is 7.05 Å². The van der Waals surface area contributed by atoms with Crippen LogP contribution in [0, 0.1) is 5.92 Å². The number of H-pyrrole nitrogens is 1. The van der Waals surface area contributed by atoms with Crippen molar-refractivity contribution < 1.29 is 9.90 Å². The van der Waals surface area contributed by atoms with Crippen LogP contribution < -0.4 is 16.4 Å².